The molecule has 2 heterocycles. The Labute approximate surface area is 194 Å². The molecule has 1 aromatic heterocycles. The lowest BCUT2D eigenvalue weighted by Gasteiger charge is -2.32. The van der Waals surface area contributed by atoms with Crippen molar-refractivity contribution in [1.82, 2.24) is 14.5 Å². The van der Waals surface area contributed by atoms with E-state index in [1.807, 2.05) is 54.2 Å². The molecule has 2 amide bonds. The molecule has 33 heavy (non-hydrogen) atoms. The summed E-state index contributed by atoms with van der Waals surface area (Å²) in [5.41, 5.74) is 2.81. The minimum absolute atomic E-state index is 0.00470. The van der Waals surface area contributed by atoms with Crippen LogP contribution in [0, 0.1) is 5.92 Å². The molecule has 1 fully saturated rings. The molecule has 8 nitrogen and oxygen atoms in total. The van der Waals surface area contributed by atoms with Crippen molar-refractivity contribution in [2.75, 3.05) is 33.9 Å². The first kappa shape index (κ1) is 23.0. The van der Waals surface area contributed by atoms with E-state index >= 15 is 0 Å². The molecule has 0 saturated heterocycles. The largest absolute Gasteiger partial charge is 0.497 e. The summed E-state index contributed by atoms with van der Waals surface area (Å²) in [5.74, 6) is 0.630. The monoisotopic (exact) mass is 452 g/mol. The predicted molar refractivity (Wildman–Crippen MR) is 125 cm³/mol. The van der Waals surface area contributed by atoms with Gasteiger partial charge in [-0.05, 0) is 42.7 Å². The van der Waals surface area contributed by atoms with E-state index in [1.165, 1.54) is 0 Å². The Hall–Kier alpha value is -3.13. The second-order valence-corrected chi connectivity index (χ2v) is 8.66. The zero-order valence-electron chi connectivity index (χ0n) is 19.6. The molecule has 0 bridgehead atoms. The van der Waals surface area contributed by atoms with Crippen LogP contribution in [-0.2, 0) is 21.4 Å². The summed E-state index contributed by atoms with van der Waals surface area (Å²) in [4.78, 5) is 28.1. The molecular formula is C25H32N4O4. The van der Waals surface area contributed by atoms with Gasteiger partial charge in [0.15, 0.2) is 0 Å². The van der Waals surface area contributed by atoms with Crippen LogP contribution < -0.4 is 4.74 Å². The van der Waals surface area contributed by atoms with Crippen LogP contribution in [0.25, 0.3) is 0 Å². The molecular weight excluding hydrogens is 420 g/mol. The normalized spacial score (nSPS) is 18.1. The van der Waals surface area contributed by atoms with Gasteiger partial charge in [0.05, 0.1) is 31.2 Å². The van der Waals surface area contributed by atoms with E-state index in [0.29, 0.717) is 19.6 Å². The van der Waals surface area contributed by atoms with Crippen LogP contribution >= 0.6 is 0 Å². The van der Waals surface area contributed by atoms with E-state index in [-0.39, 0.29) is 30.3 Å². The van der Waals surface area contributed by atoms with Crippen LogP contribution in [0.4, 0.5) is 0 Å². The fourth-order valence-corrected chi connectivity index (χ4v) is 4.36. The topological polar surface area (TPSA) is 76.4 Å². The first-order valence-corrected chi connectivity index (χ1v) is 11.4. The summed E-state index contributed by atoms with van der Waals surface area (Å²) in [7, 11) is 5.20. The van der Waals surface area contributed by atoms with E-state index in [4.69, 9.17) is 14.6 Å². The van der Waals surface area contributed by atoms with E-state index in [9.17, 15) is 9.59 Å². The highest BCUT2D eigenvalue weighted by atomic mass is 16.5. The fraction of sp³-hybridized carbons (Fsp3) is 0.480. The number of carbonyl (C=O) groups excluding carboxylic acids is 2. The van der Waals surface area contributed by atoms with Crippen LogP contribution in [0.2, 0.25) is 0 Å². The van der Waals surface area contributed by atoms with Gasteiger partial charge in [0, 0.05) is 39.2 Å². The Morgan fingerprint density at radius 3 is 2.48 bits per heavy atom. The third-order valence-corrected chi connectivity index (χ3v) is 6.56. The number of methoxy groups -OCH3 is 2. The lowest BCUT2D eigenvalue weighted by Crippen LogP contribution is -2.46. The molecule has 0 radical (unpaired) electrons. The number of hydrazone groups is 1. The molecule has 0 spiro atoms. The highest BCUT2D eigenvalue weighted by Gasteiger charge is 2.36. The second kappa shape index (κ2) is 10.2. The van der Waals surface area contributed by atoms with Crippen LogP contribution in [0.15, 0.2) is 47.7 Å². The van der Waals surface area contributed by atoms with Crippen molar-refractivity contribution in [3.05, 3.63) is 53.9 Å². The summed E-state index contributed by atoms with van der Waals surface area (Å²) < 4.78 is 12.5. The number of amides is 2. The molecule has 2 aromatic rings. The second-order valence-electron chi connectivity index (χ2n) is 8.66. The number of hydrogen-bond acceptors (Lipinski definition) is 5. The number of aryl methyl sites for hydroxylation is 1. The molecule has 4 rings (SSSR count). The molecule has 1 aromatic carbocycles. The first-order chi connectivity index (χ1) is 16.0. The van der Waals surface area contributed by atoms with Crippen molar-refractivity contribution in [2.24, 2.45) is 18.1 Å². The number of nitrogens with zero attached hydrogens (tertiary/aromatic N) is 4. The van der Waals surface area contributed by atoms with E-state index < -0.39 is 0 Å². The molecule has 0 N–H and O–H groups in total. The summed E-state index contributed by atoms with van der Waals surface area (Å²) in [5, 5.41) is 6.30. The Bertz CT molecular complexity index is 1010. The van der Waals surface area contributed by atoms with Gasteiger partial charge in [-0.2, -0.15) is 5.10 Å². The Morgan fingerprint density at radius 2 is 1.91 bits per heavy atom. The zero-order chi connectivity index (χ0) is 23.4. The number of ether oxygens (including phenoxy) is 2. The summed E-state index contributed by atoms with van der Waals surface area (Å²) in [6.07, 6.45) is 5.42. The first-order valence-electron chi connectivity index (χ1n) is 11.4. The lowest BCUT2D eigenvalue weighted by molar-refractivity contribution is -0.146. The number of rotatable bonds is 9. The molecule has 1 aliphatic heterocycles. The quantitative estimate of drug-likeness (QED) is 0.586. The van der Waals surface area contributed by atoms with Crippen molar-refractivity contribution in [1.29, 1.82) is 0 Å². The Kier molecular flexibility index (Phi) is 7.13. The highest BCUT2D eigenvalue weighted by Crippen LogP contribution is 2.34. The molecule has 1 atom stereocenters. The van der Waals surface area contributed by atoms with Crippen LogP contribution in [0.1, 0.15) is 43.0 Å². The van der Waals surface area contributed by atoms with E-state index in [1.54, 1.807) is 24.1 Å². The van der Waals surface area contributed by atoms with Crippen molar-refractivity contribution in [3.63, 3.8) is 0 Å². The molecule has 1 aliphatic carbocycles. The summed E-state index contributed by atoms with van der Waals surface area (Å²) in [6, 6.07) is 11.5. The van der Waals surface area contributed by atoms with E-state index in [0.717, 1.165) is 42.0 Å². The molecule has 2 aliphatic rings. The Balaban J connectivity index is 1.59. The average Bonchev–Trinajstić information content (AvgIpc) is 3.41. The van der Waals surface area contributed by atoms with E-state index in [2.05, 4.69) is 0 Å². The molecule has 0 unspecified atom stereocenters. The lowest BCUT2D eigenvalue weighted by atomic mass is 9.84. The third-order valence-electron chi connectivity index (χ3n) is 6.56. The van der Waals surface area contributed by atoms with Crippen LogP contribution in [0.5, 0.6) is 5.75 Å². The van der Waals surface area contributed by atoms with Gasteiger partial charge in [0.2, 0.25) is 5.91 Å². The summed E-state index contributed by atoms with van der Waals surface area (Å²) >= 11 is 0. The van der Waals surface area contributed by atoms with Gasteiger partial charge in [-0.3, -0.25) is 9.59 Å². The van der Waals surface area contributed by atoms with Gasteiger partial charge in [-0.25, -0.2) is 5.01 Å². The van der Waals surface area contributed by atoms with Crippen molar-refractivity contribution >= 4 is 17.5 Å². The van der Waals surface area contributed by atoms with Crippen LogP contribution in [0.3, 0.4) is 0 Å². The van der Waals surface area contributed by atoms with Gasteiger partial charge >= 0.3 is 0 Å². The van der Waals surface area contributed by atoms with Gasteiger partial charge in [0.25, 0.3) is 5.91 Å². The predicted octanol–water partition coefficient (Wildman–Crippen LogP) is 2.99. The maximum atomic E-state index is 13.5. The SMILES string of the molecule is COCCN(CC(=O)N1N=C(c2cccn2C)C[C@@H]1c1ccc(OC)cc1)C(=O)C1CCC1. The van der Waals surface area contributed by atoms with Crippen molar-refractivity contribution in [2.45, 2.75) is 31.7 Å². The highest BCUT2D eigenvalue weighted by molar-refractivity contribution is 6.02. The van der Waals surface area contributed by atoms with Crippen molar-refractivity contribution in [3.8, 4) is 5.75 Å². The number of benzene rings is 1. The van der Waals surface area contributed by atoms with Gasteiger partial charge in [0.1, 0.15) is 12.3 Å². The molecule has 176 valence electrons. The number of hydrogen-bond donors (Lipinski definition) is 0. The Morgan fingerprint density at radius 1 is 1.15 bits per heavy atom. The standard InChI is InChI=1S/C25H32N4O4/c1-27-13-5-8-22(27)21-16-23(18-9-11-20(33-3)12-10-18)29(26-21)24(30)17-28(14-15-32-2)25(31)19-6-4-7-19/h5,8-13,19,23H,4,6-7,14-17H2,1-3H3/t23-/m1/s1. The third kappa shape index (κ3) is 4.95. The van der Waals surface area contributed by atoms with Crippen molar-refractivity contribution < 1.29 is 19.1 Å². The smallest absolute Gasteiger partial charge is 0.262 e. The minimum Gasteiger partial charge on any atom is -0.497 e. The van der Waals surface area contributed by atoms with Gasteiger partial charge < -0.3 is 18.9 Å². The number of aromatic nitrogens is 1. The maximum Gasteiger partial charge on any atom is 0.262 e. The zero-order valence-corrected chi connectivity index (χ0v) is 19.6. The molecule has 8 heteroatoms. The maximum absolute atomic E-state index is 13.5. The average molecular weight is 453 g/mol. The molecule has 1 saturated carbocycles. The summed E-state index contributed by atoms with van der Waals surface area (Å²) in [6.45, 7) is 0.785. The fourth-order valence-electron chi connectivity index (χ4n) is 4.36. The van der Waals surface area contributed by atoms with Crippen LogP contribution in [-0.4, -0.2) is 65.9 Å². The van der Waals surface area contributed by atoms with Gasteiger partial charge in [-0.15, -0.1) is 0 Å². The number of carbonyl (C=O) groups is 2. The minimum atomic E-state index is -0.239. The van der Waals surface area contributed by atoms with Gasteiger partial charge in [-0.1, -0.05) is 18.6 Å².